The number of nitrogens with zero attached hydrogens (tertiary/aromatic N) is 3. The number of fused-ring (bicyclic) bond motifs is 1. The van der Waals surface area contributed by atoms with Gasteiger partial charge in [-0.05, 0) is 42.6 Å². The summed E-state index contributed by atoms with van der Waals surface area (Å²) >= 11 is 1.65. The zero-order chi connectivity index (χ0) is 18.1. The minimum absolute atomic E-state index is 0.782. The molecule has 1 aliphatic rings. The quantitative estimate of drug-likeness (QED) is 0.744. The van der Waals surface area contributed by atoms with E-state index < -0.39 is 0 Å². The number of anilines is 1. The first-order chi connectivity index (χ1) is 12.6. The van der Waals surface area contributed by atoms with Gasteiger partial charge in [0.1, 0.15) is 0 Å². The Bertz CT molecular complexity index is 983. The molecule has 3 aromatic rings. The lowest BCUT2D eigenvalue weighted by Gasteiger charge is -2.14. The second-order valence-electron chi connectivity index (χ2n) is 6.47. The molecule has 0 spiro atoms. The van der Waals surface area contributed by atoms with Crippen molar-refractivity contribution in [1.82, 2.24) is 5.43 Å². The molecule has 0 saturated heterocycles. The average molecular weight is 360 g/mol. The Hall–Kier alpha value is -2.92. The molecular weight excluding hydrogens is 340 g/mol. The molecule has 0 amide bonds. The van der Waals surface area contributed by atoms with Crippen molar-refractivity contribution in [3.05, 3.63) is 81.5 Å². The summed E-state index contributed by atoms with van der Waals surface area (Å²) in [5.74, 6) is 0.782. The number of aryl methyl sites for hydroxylation is 1. The summed E-state index contributed by atoms with van der Waals surface area (Å²) in [7, 11) is 4.08. The predicted molar refractivity (Wildman–Crippen MR) is 111 cm³/mol. The number of benzene rings is 2. The van der Waals surface area contributed by atoms with E-state index in [-0.39, 0.29) is 0 Å². The molecule has 2 heterocycles. The summed E-state index contributed by atoms with van der Waals surface area (Å²) in [6, 6.07) is 18.8. The van der Waals surface area contributed by atoms with Gasteiger partial charge in [0.25, 0.3) is 0 Å². The van der Waals surface area contributed by atoms with Crippen LogP contribution < -0.4 is 10.3 Å². The molecule has 1 N–H and O–H groups in total. The van der Waals surface area contributed by atoms with Crippen LogP contribution in [0.2, 0.25) is 0 Å². The van der Waals surface area contributed by atoms with E-state index in [0.717, 1.165) is 38.9 Å². The Morgan fingerprint density at radius 2 is 1.81 bits per heavy atom. The molecule has 0 atom stereocenters. The Morgan fingerprint density at radius 3 is 2.50 bits per heavy atom. The van der Waals surface area contributed by atoms with E-state index in [2.05, 4.69) is 65.8 Å². The van der Waals surface area contributed by atoms with Gasteiger partial charge in [-0.3, -0.25) is 5.43 Å². The number of hydrogen-bond donors (Lipinski definition) is 1. The summed E-state index contributed by atoms with van der Waals surface area (Å²) < 4.78 is 0. The van der Waals surface area contributed by atoms with Crippen LogP contribution in [-0.4, -0.2) is 25.6 Å². The van der Waals surface area contributed by atoms with Gasteiger partial charge < -0.3 is 4.90 Å². The van der Waals surface area contributed by atoms with Gasteiger partial charge in [-0.15, -0.1) is 11.3 Å². The van der Waals surface area contributed by atoms with Crippen LogP contribution in [0.25, 0.3) is 0 Å². The van der Waals surface area contributed by atoms with Gasteiger partial charge in [0.15, 0.2) is 5.84 Å². The van der Waals surface area contributed by atoms with Crippen molar-refractivity contribution in [3.8, 4) is 0 Å². The molecule has 1 aliphatic heterocycles. The van der Waals surface area contributed by atoms with Crippen LogP contribution in [-0.2, 0) is 0 Å². The maximum absolute atomic E-state index is 4.84. The smallest absolute Gasteiger partial charge is 0.164 e. The van der Waals surface area contributed by atoms with Crippen LogP contribution in [0.3, 0.4) is 0 Å². The molecular formula is C21H20N4S. The monoisotopic (exact) mass is 360 g/mol. The normalized spacial score (nSPS) is 13.2. The first-order valence-corrected chi connectivity index (χ1v) is 9.35. The van der Waals surface area contributed by atoms with Gasteiger partial charge in [-0.2, -0.15) is 5.10 Å². The highest BCUT2D eigenvalue weighted by molar-refractivity contribution is 7.12. The number of rotatable bonds is 3. The van der Waals surface area contributed by atoms with E-state index in [4.69, 9.17) is 10.1 Å². The molecule has 4 rings (SSSR count). The van der Waals surface area contributed by atoms with E-state index in [1.807, 2.05) is 25.5 Å². The lowest BCUT2D eigenvalue weighted by Crippen LogP contribution is -2.18. The largest absolute Gasteiger partial charge is 0.378 e. The molecule has 0 bridgehead atoms. The fraction of sp³-hybridized carbons (Fsp3) is 0.143. The summed E-state index contributed by atoms with van der Waals surface area (Å²) in [6.45, 7) is 2.09. The maximum Gasteiger partial charge on any atom is 0.164 e. The van der Waals surface area contributed by atoms with Crippen molar-refractivity contribution in [1.29, 1.82) is 0 Å². The number of amidine groups is 1. The second kappa shape index (κ2) is 6.77. The number of aliphatic imine (C=N–C) groups is 1. The Balaban J connectivity index is 1.82. The zero-order valence-corrected chi connectivity index (χ0v) is 15.8. The topological polar surface area (TPSA) is 40.0 Å². The summed E-state index contributed by atoms with van der Waals surface area (Å²) in [5, 5.41) is 6.76. The van der Waals surface area contributed by atoms with E-state index in [1.54, 1.807) is 11.3 Å². The van der Waals surface area contributed by atoms with Crippen LogP contribution in [0.15, 0.2) is 70.1 Å². The third-order valence-electron chi connectivity index (χ3n) is 4.32. The number of hydrazone groups is 1. The number of thiophene rings is 1. The summed E-state index contributed by atoms with van der Waals surface area (Å²) in [6.07, 6.45) is 0. The van der Waals surface area contributed by atoms with Gasteiger partial charge in [0.2, 0.25) is 0 Å². The highest BCUT2D eigenvalue weighted by atomic mass is 32.1. The van der Waals surface area contributed by atoms with Crippen LogP contribution in [0.5, 0.6) is 0 Å². The Morgan fingerprint density at radius 1 is 1.00 bits per heavy atom. The molecule has 0 unspecified atom stereocenters. The molecule has 4 nitrogen and oxygen atoms in total. The minimum atomic E-state index is 0.782. The standard InChI is InChI=1S/C21H20N4S/c1-14-6-11-18-17(13-14)20(15-7-9-16(10-8-15)25(2)3)23-24-21(22-18)19-5-4-12-26-19/h4-13H,1-3H3,(H,22,24). The predicted octanol–water partition coefficient (Wildman–Crippen LogP) is 4.56. The Labute approximate surface area is 157 Å². The maximum atomic E-state index is 4.84. The fourth-order valence-corrected chi connectivity index (χ4v) is 3.58. The van der Waals surface area contributed by atoms with Crippen LogP contribution in [0.1, 0.15) is 21.6 Å². The summed E-state index contributed by atoms with van der Waals surface area (Å²) in [4.78, 5) is 8.00. The van der Waals surface area contributed by atoms with Crippen molar-refractivity contribution in [2.24, 2.45) is 10.1 Å². The van der Waals surface area contributed by atoms with Gasteiger partial charge in [0, 0.05) is 30.9 Å². The molecule has 0 aliphatic carbocycles. The highest BCUT2D eigenvalue weighted by Crippen LogP contribution is 2.28. The molecule has 0 saturated carbocycles. The van der Waals surface area contributed by atoms with Crippen molar-refractivity contribution >= 4 is 34.3 Å². The van der Waals surface area contributed by atoms with E-state index in [0.29, 0.717) is 0 Å². The molecule has 26 heavy (non-hydrogen) atoms. The third kappa shape index (κ3) is 3.13. The highest BCUT2D eigenvalue weighted by Gasteiger charge is 2.18. The van der Waals surface area contributed by atoms with E-state index >= 15 is 0 Å². The van der Waals surface area contributed by atoms with Gasteiger partial charge in [-0.25, -0.2) is 4.99 Å². The van der Waals surface area contributed by atoms with Crippen molar-refractivity contribution in [3.63, 3.8) is 0 Å². The molecule has 0 radical (unpaired) electrons. The molecule has 130 valence electrons. The molecule has 1 aromatic heterocycles. The SMILES string of the molecule is Cc1ccc2c(c1)C(c1ccc(N(C)C)cc1)=NNC(c1cccs1)=N2. The number of hydrogen-bond acceptors (Lipinski definition) is 5. The zero-order valence-electron chi connectivity index (χ0n) is 15.0. The molecule has 2 aromatic carbocycles. The van der Waals surface area contributed by atoms with Gasteiger partial charge >= 0.3 is 0 Å². The van der Waals surface area contributed by atoms with E-state index in [1.165, 1.54) is 5.56 Å². The Kier molecular flexibility index (Phi) is 4.31. The molecule has 5 heteroatoms. The van der Waals surface area contributed by atoms with Crippen LogP contribution in [0, 0.1) is 6.92 Å². The lowest BCUT2D eigenvalue weighted by atomic mass is 9.99. The van der Waals surface area contributed by atoms with Crippen LogP contribution >= 0.6 is 11.3 Å². The first-order valence-electron chi connectivity index (χ1n) is 8.47. The van der Waals surface area contributed by atoms with Gasteiger partial charge in [-0.1, -0.05) is 29.8 Å². The average Bonchev–Trinajstić information content (AvgIpc) is 3.11. The van der Waals surface area contributed by atoms with Crippen LogP contribution in [0.4, 0.5) is 11.4 Å². The third-order valence-corrected chi connectivity index (χ3v) is 5.20. The second-order valence-corrected chi connectivity index (χ2v) is 7.42. The fourth-order valence-electron chi connectivity index (χ4n) is 2.91. The lowest BCUT2D eigenvalue weighted by molar-refractivity contribution is 1.03. The first kappa shape index (κ1) is 16.5. The molecule has 0 fully saturated rings. The minimum Gasteiger partial charge on any atom is -0.378 e. The van der Waals surface area contributed by atoms with E-state index in [9.17, 15) is 0 Å². The van der Waals surface area contributed by atoms with Crippen molar-refractivity contribution < 1.29 is 0 Å². The van der Waals surface area contributed by atoms with Crippen molar-refractivity contribution in [2.75, 3.05) is 19.0 Å². The van der Waals surface area contributed by atoms with Gasteiger partial charge in [0.05, 0.1) is 16.3 Å². The number of nitrogens with one attached hydrogen (secondary N) is 1. The van der Waals surface area contributed by atoms with Crippen molar-refractivity contribution in [2.45, 2.75) is 6.92 Å². The summed E-state index contributed by atoms with van der Waals surface area (Å²) in [5.41, 5.74) is 9.48.